The lowest BCUT2D eigenvalue weighted by Gasteiger charge is -2.32. The predicted molar refractivity (Wildman–Crippen MR) is 112 cm³/mol. The molecule has 0 aliphatic heterocycles. The lowest BCUT2D eigenvalue weighted by Crippen LogP contribution is -2.39. The normalized spacial score (nSPS) is 13.9. The average molecular weight is 435 g/mol. The highest BCUT2D eigenvalue weighted by atomic mass is 79.9. The summed E-state index contributed by atoms with van der Waals surface area (Å²) in [5.74, 6) is -0.674. The second-order valence-electron chi connectivity index (χ2n) is 7.35. The van der Waals surface area contributed by atoms with Gasteiger partial charge in [-0.25, -0.2) is 0 Å². The molecule has 0 bridgehead atoms. The summed E-state index contributed by atoms with van der Waals surface area (Å²) in [5, 5.41) is 0. The molecule has 0 radical (unpaired) electrons. The Bertz CT molecular complexity index is 695. The third-order valence-corrected chi connectivity index (χ3v) is 5.66. The number of carbonyl (C=O) groups excluding carboxylic acids is 1. The number of benzene rings is 2. The number of aryl methyl sites for hydroxylation is 1. The van der Waals surface area contributed by atoms with E-state index in [1.807, 2.05) is 42.5 Å². The highest BCUT2D eigenvalue weighted by Gasteiger charge is 2.34. The van der Waals surface area contributed by atoms with Gasteiger partial charge in [-0.05, 0) is 55.7 Å². The van der Waals surface area contributed by atoms with Crippen LogP contribution in [0.2, 0.25) is 19.6 Å². The molecular weight excluding hydrogens is 408 g/mol. The van der Waals surface area contributed by atoms with Crippen molar-refractivity contribution in [3.05, 3.63) is 70.2 Å². The molecule has 0 N–H and O–H groups in total. The summed E-state index contributed by atoms with van der Waals surface area (Å²) in [6.07, 6.45) is 1.42. The summed E-state index contributed by atoms with van der Waals surface area (Å²) < 4.78 is 12.6. The van der Waals surface area contributed by atoms with Gasteiger partial charge in [0, 0.05) is 4.47 Å². The fraction of sp³-hybridized carbons (Fsp3) is 0.381. The molecule has 0 heterocycles. The van der Waals surface area contributed by atoms with Crippen LogP contribution in [-0.4, -0.2) is 27.5 Å². The molecule has 0 spiro atoms. The van der Waals surface area contributed by atoms with Gasteiger partial charge in [-0.1, -0.05) is 58.4 Å². The van der Waals surface area contributed by atoms with Crippen LogP contribution in [0.5, 0.6) is 0 Å². The zero-order valence-electron chi connectivity index (χ0n) is 15.9. The number of halogens is 1. The largest absolute Gasteiger partial charge is 0.468 e. The topological polar surface area (TPSA) is 35.5 Å². The number of hydrogen-bond acceptors (Lipinski definition) is 3. The molecule has 2 aromatic carbocycles. The molecule has 0 saturated carbocycles. The summed E-state index contributed by atoms with van der Waals surface area (Å²) in [5.41, 5.74) is 2.17. The Labute approximate surface area is 166 Å². The molecule has 2 atom stereocenters. The monoisotopic (exact) mass is 434 g/mol. The van der Waals surface area contributed by atoms with Gasteiger partial charge < -0.3 is 9.16 Å². The van der Waals surface area contributed by atoms with Gasteiger partial charge in [-0.2, -0.15) is 0 Å². The third-order valence-electron chi connectivity index (χ3n) is 4.12. The van der Waals surface area contributed by atoms with Crippen LogP contribution < -0.4 is 0 Å². The minimum absolute atomic E-state index is 0.213. The molecule has 2 rings (SSSR count). The summed E-state index contributed by atoms with van der Waals surface area (Å²) in [6.45, 7) is 6.45. The molecule has 0 fully saturated rings. The minimum atomic E-state index is -1.84. The van der Waals surface area contributed by atoms with Crippen molar-refractivity contribution in [1.82, 2.24) is 0 Å². The van der Waals surface area contributed by atoms with Gasteiger partial charge in [0.25, 0.3) is 0 Å². The Hall–Kier alpha value is -1.43. The maximum absolute atomic E-state index is 12.6. The fourth-order valence-corrected chi connectivity index (χ4v) is 4.43. The molecule has 0 unspecified atom stereocenters. The first-order valence-electron chi connectivity index (χ1n) is 8.85. The van der Waals surface area contributed by atoms with E-state index < -0.39 is 14.2 Å². The Morgan fingerprint density at radius 3 is 2.19 bits per heavy atom. The molecule has 0 aliphatic rings. The van der Waals surface area contributed by atoms with Crippen molar-refractivity contribution in [3.63, 3.8) is 0 Å². The number of rotatable bonds is 8. The van der Waals surface area contributed by atoms with Crippen LogP contribution in [0.1, 0.15) is 23.5 Å². The van der Waals surface area contributed by atoms with Crippen LogP contribution in [0.4, 0.5) is 0 Å². The fourth-order valence-electron chi connectivity index (χ4n) is 3.00. The summed E-state index contributed by atoms with van der Waals surface area (Å²) in [4.78, 5) is 12.6. The van der Waals surface area contributed by atoms with E-state index in [2.05, 4.69) is 47.7 Å². The van der Waals surface area contributed by atoms with E-state index >= 15 is 0 Å². The summed E-state index contributed by atoms with van der Waals surface area (Å²) >= 11 is 3.46. The lowest BCUT2D eigenvalue weighted by atomic mass is 9.90. The minimum Gasteiger partial charge on any atom is -0.468 e. The van der Waals surface area contributed by atoms with Crippen LogP contribution in [0.3, 0.4) is 0 Å². The quantitative estimate of drug-likeness (QED) is 0.402. The van der Waals surface area contributed by atoms with Crippen LogP contribution in [-0.2, 0) is 20.4 Å². The third kappa shape index (κ3) is 6.38. The molecule has 26 heavy (non-hydrogen) atoms. The first-order valence-corrected chi connectivity index (χ1v) is 13.1. The van der Waals surface area contributed by atoms with Crippen LogP contribution in [0.15, 0.2) is 59.1 Å². The summed E-state index contributed by atoms with van der Waals surface area (Å²) in [6, 6.07) is 18.1. The molecule has 0 saturated heterocycles. The molecule has 2 aromatic rings. The molecule has 0 aliphatic carbocycles. The Kier molecular flexibility index (Phi) is 7.62. The van der Waals surface area contributed by atoms with Gasteiger partial charge in [0.2, 0.25) is 0 Å². The second-order valence-corrected chi connectivity index (χ2v) is 12.7. The number of methoxy groups -OCH3 is 1. The van der Waals surface area contributed by atoms with E-state index in [0.29, 0.717) is 0 Å². The lowest BCUT2D eigenvalue weighted by molar-refractivity contribution is -0.145. The highest BCUT2D eigenvalue weighted by Crippen LogP contribution is 2.30. The van der Waals surface area contributed by atoms with Gasteiger partial charge >= 0.3 is 5.97 Å². The van der Waals surface area contributed by atoms with Crippen molar-refractivity contribution in [2.75, 3.05) is 7.11 Å². The van der Waals surface area contributed by atoms with E-state index in [9.17, 15) is 4.79 Å². The molecule has 5 heteroatoms. The van der Waals surface area contributed by atoms with Gasteiger partial charge in [-0.3, -0.25) is 4.79 Å². The Morgan fingerprint density at radius 2 is 1.65 bits per heavy atom. The zero-order valence-corrected chi connectivity index (χ0v) is 18.5. The first kappa shape index (κ1) is 20.9. The van der Waals surface area contributed by atoms with E-state index in [1.165, 1.54) is 12.7 Å². The Morgan fingerprint density at radius 1 is 1.04 bits per heavy atom. The number of ether oxygens (including phenoxy) is 1. The van der Waals surface area contributed by atoms with Crippen molar-refractivity contribution >= 4 is 30.2 Å². The second kappa shape index (κ2) is 9.49. The van der Waals surface area contributed by atoms with Crippen LogP contribution in [0.25, 0.3) is 0 Å². The Balaban J connectivity index is 2.30. The predicted octanol–water partition coefficient (Wildman–Crippen LogP) is 5.56. The van der Waals surface area contributed by atoms with E-state index in [4.69, 9.17) is 9.16 Å². The number of carbonyl (C=O) groups is 1. The molecule has 0 amide bonds. The molecule has 0 aromatic heterocycles. The van der Waals surface area contributed by atoms with Crippen molar-refractivity contribution in [2.24, 2.45) is 0 Å². The number of esters is 1. The molecule has 3 nitrogen and oxygen atoms in total. The maximum atomic E-state index is 12.6. The van der Waals surface area contributed by atoms with Gasteiger partial charge in [0.05, 0.1) is 13.2 Å². The van der Waals surface area contributed by atoms with Crippen molar-refractivity contribution in [1.29, 1.82) is 0 Å². The smallest absolute Gasteiger partial charge is 0.315 e. The number of hydrogen-bond donors (Lipinski definition) is 0. The van der Waals surface area contributed by atoms with Crippen molar-refractivity contribution in [3.8, 4) is 0 Å². The van der Waals surface area contributed by atoms with Gasteiger partial charge in [-0.15, -0.1) is 0 Å². The van der Waals surface area contributed by atoms with E-state index in [-0.39, 0.29) is 12.1 Å². The van der Waals surface area contributed by atoms with Gasteiger partial charge in [0.1, 0.15) is 5.92 Å². The highest BCUT2D eigenvalue weighted by molar-refractivity contribution is 9.10. The first-order chi connectivity index (χ1) is 12.3. The molecular formula is C21H27BrO3Si. The SMILES string of the molecule is COC(=O)[C@@H](c1ccc(Br)cc1)[C@@H](CCc1ccccc1)O[Si](C)(C)C. The summed E-state index contributed by atoms with van der Waals surface area (Å²) in [7, 11) is -0.399. The van der Waals surface area contributed by atoms with E-state index in [1.54, 1.807) is 0 Å². The van der Waals surface area contributed by atoms with Crippen LogP contribution >= 0.6 is 15.9 Å². The standard InChI is InChI=1S/C21H27BrO3Si/c1-24-21(23)20(17-11-13-18(22)14-12-17)19(25-26(2,3)4)15-10-16-8-6-5-7-9-16/h5-9,11-14,19-20H,10,15H2,1-4H3/t19-,20+/m1/s1. The van der Waals surface area contributed by atoms with E-state index in [0.717, 1.165) is 22.9 Å². The van der Waals surface area contributed by atoms with Crippen molar-refractivity contribution < 1.29 is 14.0 Å². The van der Waals surface area contributed by atoms with Crippen molar-refractivity contribution in [2.45, 2.75) is 44.5 Å². The van der Waals surface area contributed by atoms with Gasteiger partial charge in [0.15, 0.2) is 8.32 Å². The average Bonchev–Trinajstić information content (AvgIpc) is 2.61. The zero-order chi connectivity index (χ0) is 19.2. The maximum Gasteiger partial charge on any atom is 0.315 e. The molecule has 140 valence electrons. The van der Waals surface area contributed by atoms with Crippen LogP contribution in [0, 0.1) is 0 Å².